The molecule has 1 N–H and O–H groups in total. The Kier molecular flexibility index (Phi) is 6.36. The van der Waals surface area contributed by atoms with Crippen LogP contribution >= 0.6 is 0 Å². The molecule has 0 spiro atoms. The van der Waals surface area contributed by atoms with E-state index < -0.39 is 23.9 Å². The summed E-state index contributed by atoms with van der Waals surface area (Å²) in [5, 5.41) is 1.12. The molecule has 5 heterocycles. The highest BCUT2D eigenvalue weighted by Gasteiger charge is 2.52. The number of hydrogen-bond donors (Lipinski definition) is 1. The topological polar surface area (TPSA) is 90.8 Å². The number of ether oxygens (including phenoxy) is 2. The van der Waals surface area contributed by atoms with E-state index in [1.54, 1.807) is 0 Å². The van der Waals surface area contributed by atoms with Crippen molar-refractivity contribution in [2.45, 2.75) is 110 Å². The van der Waals surface area contributed by atoms with Gasteiger partial charge in [0.2, 0.25) is 0 Å². The van der Waals surface area contributed by atoms with Crippen molar-refractivity contribution in [2.75, 3.05) is 0 Å². The smallest absolute Gasteiger partial charge is 0.470 e. The Labute approximate surface area is 270 Å². The zero-order valence-electron chi connectivity index (χ0n) is 28.0. The molecular weight excluding hydrogens is 579 g/mol. The van der Waals surface area contributed by atoms with Crippen LogP contribution in [-0.2, 0) is 14.0 Å². The van der Waals surface area contributed by atoms with Gasteiger partial charge in [-0.15, -0.1) is 0 Å². The molecule has 1 aliphatic carbocycles. The van der Waals surface area contributed by atoms with Crippen LogP contribution < -0.4 is 10.2 Å². The van der Waals surface area contributed by atoms with E-state index in [1.165, 1.54) is 0 Å². The van der Waals surface area contributed by atoms with Gasteiger partial charge in [0, 0.05) is 22.6 Å². The molecule has 4 aliphatic rings. The lowest BCUT2D eigenvalue weighted by Gasteiger charge is -2.35. The molecule has 2 aromatic heterocycles. The van der Waals surface area contributed by atoms with Crippen molar-refractivity contribution in [2.24, 2.45) is 5.92 Å². The minimum atomic E-state index is -0.542. The molecule has 10 heteroatoms. The van der Waals surface area contributed by atoms with Gasteiger partial charge in [0.25, 0.3) is 0 Å². The Morgan fingerprint density at radius 2 is 1.80 bits per heavy atom. The first-order chi connectivity index (χ1) is 21.7. The fourth-order valence-corrected chi connectivity index (χ4v) is 7.77. The number of rotatable bonds is 3. The third-order valence-corrected chi connectivity index (χ3v) is 10.7. The molecule has 4 atom stereocenters. The van der Waals surface area contributed by atoms with Gasteiger partial charge in [0.05, 0.1) is 40.3 Å². The zero-order chi connectivity index (χ0) is 32.3. The second kappa shape index (κ2) is 9.88. The molecule has 1 saturated carbocycles. The van der Waals surface area contributed by atoms with Crippen molar-refractivity contribution in [1.29, 1.82) is 0 Å². The maximum atomic E-state index is 13.2. The van der Waals surface area contributed by atoms with E-state index in [0.29, 0.717) is 5.92 Å². The van der Waals surface area contributed by atoms with Crippen molar-refractivity contribution in [3.8, 4) is 28.3 Å². The number of likely N-dealkylation sites (tertiary alicyclic amines) is 1. The number of fused-ring (bicyclic) bond motifs is 7. The van der Waals surface area contributed by atoms with Gasteiger partial charge in [-0.3, -0.25) is 4.90 Å². The lowest BCUT2D eigenvalue weighted by atomic mass is 9.78. The third-order valence-electron chi connectivity index (χ3n) is 10.7. The first-order valence-corrected chi connectivity index (χ1v) is 16.6. The fourth-order valence-electron chi connectivity index (χ4n) is 7.77. The van der Waals surface area contributed by atoms with Crippen LogP contribution in [0.1, 0.15) is 92.7 Å². The molecule has 46 heavy (non-hydrogen) atoms. The van der Waals surface area contributed by atoms with Gasteiger partial charge < -0.3 is 28.3 Å². The van der Waals surface area contributed by atoms with Crippen LogP contribution in [-0.4, -0.2) is 55.5 Å². The highest BCUT2D eigenvalue weighted by atomic mass is 16.7. The second-order valence-electron chi connectivity index (χ2n) is 15.5. The molecule has 4 unspecified atom stereocenters. The number of H-pyrrole nitrogens is 1. The number of benzene rings is 2. The van der Waals surface area contributed by atoms with Crippen molar-refractivity contribution >= 4 is 29.6 Å². The fraction of sp³-hybridized carbons (Fsp3) is 0.500. The van der Waals surface area contributed by atoms with Crippen molar-refractivity contribution < 1.29 is 23.6 Å². The van der Waals surface area contributed by atoms with Crippen LogP contribution in [0.25, 0.3) is 33.4 Å². The van der Waals surface area contributed by atoms with Gasteiger partial charge in [0.15, 0.2) is 6.23 Å². The monoisotopic (exact) mass is 622 g/mol. The second-order valence-corrected chi connectivity index (χ2v) is 15.5. The molecule has 0 radical (unpaired) electrons. The molecule has 240 valence electrons. The number of aromatic nitrogens is 3. The average molecular weight is 623 g/mol. The number of aromatic amines is 1. The maximum absolute atomic E-state index is 13.2. The normalized spacial score (nSPS) is 25.9. The summed E-state index contributed by atoms with van der Waals surface area (Å²) in [6, 6.07) is 15.1. The summed E-state index contributed by atoms with van der Waals surface area (Å²) >= 11 is 0. The molecule has 8 rings (SSSR count). The Morgan fingerprint density at radius 3 is 2.54 bits per heavy atom. The quantitative estimate of drug-likeness (QED) is 0.240. The molecule has 2 saturated heterocycles. The molecule has 3 aliphatic heterocycles. The van der Waals surface area contributed by atoms with E-state index in [0.717, 1.165) is 69.7 Å². The molecule has 3 fully saturated rings. The maximum Gasteiger partial charge on any atom is 0.494 e. The first-order valence-electron chi connectivity index (χ1n) is 16.6. The first kappa shape index (κ1) is 29.6. The number of carbonyl (C=O) groups is 1. The summed E-state index contributed by atoms with van der Waals surface area (Å²) < 4.78 is 27.2. The van der Waals surface area contributed by atoms with Crippen LogP contribution in [0, 0.1) is 5.92 Å². The Morgan fingerprint density at radius 1 is 1.04 bits per heavy atom. The lowest BCUT2D eigenvalue weighted by molar-refractivity contribution is 0.00578. The van der Waals surface area contributed by atoms with Gasteiger partial charge in [-0.05, 0) is 110 Å². The molecule has 4 aromatic rings. The van der Waals surface area contributed by atoms with Crippen molar-refractivity contribution in [3.05, 3.63) is 54.5 Å². The van der Waals surface area contributed by atoms with Crippen molar-refractivity contribution in [1.82, 2.24) is 19.4 Å². The van der Waals surface area contributed by atoms with Crippen LogP contribution in [0.3, 0.4) is 0 Å². The Bertz CT molecular complexity index is 1850. The van der Waals surface area contributed by atoms with Gasteiger partial charge >= 0.3 is 13.2 Å². The largest absolute Gasteiger partial charge is 0.494 e. The molecule has 2 bridgehead atoms. The van der Waals surface area contributed by atoms with E-state index in [1.807, 2.05) is 31.9 Å². The van der Waals surface area contributed by atoms with E-state index in [9.17, 15) is 4.79 Å². The van der Waals surface area contributed by atoms with Gasteiger partial charge in [-0.25, -0.2) is 9.78 Å². The van der Waals surface area contributed by atoms with E-state index in [-0.39, 0.29) is 24.4 Å². The van der Waals surface area contributed by atoms with Gasteiger partial charge in [0.1, 0.15) is 17.2 Å². The Hall–Kier alpha value is -3.76. The number of imidazole rings is 1. The van der Waals surface area contributed by atoms with Crippen molar-refractivity contribution in [3.63, 3.8) is 0 Å². The number of nitrogens with one attached hydrogen (secondary N) is 1. The zero-order valence-corrected chi connectivity index (χ0v) is 28.0. The summed E-state index contributed by atoms with van der Waals surface area (Å²) in [4.78, 5) is 23.5. The summed E-state index contributed by atoms with van der Waals surface area (Å²) in [5.74, 6) is 2.03. The van der Waals surface area contributed by atoms with Crippen LogP contribution in [0.5, 0.6) is 5.75 Å². The molecule has 9 nitrogen and oxygen atoms in total. The Balaban J connectivity index is 1.09. The highest BCUT2D eigenvalue weighted by Crippen LogP contribution is 2.50. The standard InChI is InChI=1S/C36H43BN4O5/c1-20-40-28-14-11-24(37-45-35(5,6)36(7,8)46-37)15-23(28)17-29(40)26-13-10-21(18-30(26)43-20)27-19-38-32(39-27)31-22-9-12-25(16-22)41(31)33(42)44-34(2,3)4/h10-11,13-15,17-20,22,25,31H,9,12,16H2,1-8H3,(H,38,39). The molecule has 2 aromatic carbocycles. The van der Waals surface area contributed by atoms with Gasteiger partial charge in [-0.1, -0.05) is 18.2 Å². The highest BCUT2D eigenvalue weighted by molar-refractivity contribution is 6.62. The predicted molar refractivity (Wildman–Crippen MR) is 178 cm³/mol. The van der Waals surface area contributed by atoms with Gasteiger partial charge in [-0.2, -0.15) is 0 Å². The number of amides is 1. The summed E-state index contributed by atoms with van der Waals surface area (Å²) in [7, 11) is -0.412. The number of nitrogens with zero attached hydrogens (tertiary/aromatic N) is 3. The van der Waals surface area contributed by atoms with Crippen LogP contribution in [0.15, 0.2) is 48.7 Å². The lowest BCUT2D eigenvalue weighted by Crippen LogP contribution is -2.43. The predicted octanol–water partition coefficient (Wildman–Crippen LogP) is 7.37. The van der Waals surface area contributed by atoms with Crippen LogP contribution in [0.4, 0.5) is 4.79 Å². The van der Waals surface area contributed by atoms with E-state index in [4.69, 9.17) is 23.8 Å². The molecule has 1 amide bonds. The minimum Gasteiger partial charge on any atom is -0.470 e. The van der Waals surface area contributed by atoms with Crippen LogP contribution in [0.2, 0.25) is 0 Å². The van der Waals surface area contributed by atoms with E-state index >= 15 is 0 Å². The number of hydrogen-bond acceptors (Lipinski definition) is 6. The van der Waals surface area contributed by atoms with E-state index in [2.05, 4.69) is 86.6 Å². The minimum absolute atomic E-state index is 0.103. The third kappa shape index (κ3) is 4.59. The number of piperidine rings is 1. The number of carbonyl (C=O) groups excluding carboxylic acids is 1. The average Bonchev–Trinajstić information content (AvgIpc) is 3.79. The summed E-state index contributed by atoms with van der Waals surface area (Å²) in [5.41, 5.74) is 4.83. The molecular formula is C36H43BN4O5. The summed E-state index contributed by atoms with van der Waals surface area (Å²) in [6.07, 6.45) is 4.55. The SMILES string of the molecule is CC1Oc2cc(-c3cnc(C4C5CCC(C5)N4C(=O)OC(C)(C)C)[nH]3)ccc2-c2cc3cc(B4OC(C)(C)C(C)(C)O4)ccc3n21. The summed E-state index contributed by atoms with van der Waals surface area (Å²) in [6.45, 7) is 16.1.